The molecule has 0 aromatic heterocycles. The van der Waals surface area contributed by atoms with E-state index in [2.05, 4.69) is 23.0 Å². The van der Waals surface area contributed by atoms with Crippen molar-refractivity contribution in [3.05, 3.63) is 12.2 Å². The average Bonchev–Trinajstić information content (AvgIpc) is 2.28. The van der Waals surface area contributed by atoms with Crippen LogP contribution in [0.25, 0.3) is 0 Å². The van der Waals surface area contributed by atoms with Crippen LogP contribution >= 0.6 is 0 Å². The number of methoxy groups -OCH3 is 1. The zero-order valence-electron chi connectivity index (χ0n) is 9.87. The van der Waals surface area contributed by atoms with E-state index in [4.69, 9.17) is 0 Å². The van der Waals surface area contributed by atoms with Crippen molar-refractivity contribution in [1.82, 2.24) is 0 Å². The fraction of sp³-hybridized carbons (Fsp3) is 0.692. The van der Waals surface area contributed by atoms with Crippen LogP contribution in [0.2, 0.25) is 0 Å². The number of nitrogens with zero attached hydrogens (tertiary/aromatic N) is 1. The molecule has 0 aliphatic heterocycles. The van der Waals surface area contributed by atoms with Crippen LogP contribution in [0.5, 0.6) is 0 Å². The summed E-state index contributed by atoms with van der Waals surface area (Å²) in [5, 5.41) is 9.32. The summed E-state index contributed by atoms with van der Waals surface area (Å²) < 4.78 is 4.62. The van der Waals surface area contributed by atoms with E-state index in [0.717, 1.165) is 32.1 Å². The Kier molecular flexibility index (Phi) is 5.04. The predicted octanol–water partition coefficient (Wildman–Crippen LogP) is 2.97. The largest absolute Gasteiger partial charge is 0.469 e. The summed E-state index contributed by atoms with van der Waals surface area (Å²) >= 11 is 0. The van der Waals surface area contributed by atoms with E-state index >= 15 is 0 Å². The van der Waals surface area contributed by atoms with Gasteiger partial charge in [-0.05, 0) is 38.5 Å². The van der Waals surface area contributed by atoms with E-state index < -0.39 is 0 Å². The SMILES string of the molecule is COC(=O)CCC1(C#N)CC/C=C/CCC1. The first kappa shape index (κ1) is 12.8. The van der Waals surface area contributed by atoms with Crippen LogP contribution in [0.3, 0.4) is 0 Å². The molecule has 0 saturated carbocycles. The van der Waals surface area contributed by atoms with Crippen molar-refractivity contribution >= 4 is 5.97 Å². The highest BCUT2D eigenvalue weighted by Gasteiger charge is 2.30. The van der Waals surface area contributed by atoms with Gasteiger partial charge in [-0.25, -0.2) is 0 Å². The summed E-state index contributed by atoms with van der Waals surface area (Å²) in [5.74, 6) is -0.216. The molecule has 1 unspecified atom stereocenters. The van der Waals surface area contributed by atoms with Gasteiger partial charge in [-0.2, -0.15) is 5.26 Å². The van der Waals surface area contributed by atoms with E-state index in [9.17, 15) is 10.1 Å². The molecular formula is C13H19NO2. The molecule has 0 radical (unpaired) electrons. The van der Waals surface area contributed by atoms with Gasteiger partial charge in [0.15, 0.2) is 0 Å². The normalized spacial score (nSPS) is 27.2. The quantitative estimate of drug-likeness (QED) is 0.543. The second-order valence-corrected chi connectivity index (χ2v) is 4.37. The summed E-state index contributed by atoms with van der Waals surface area (Å²) in [7, 11) is 1.39. The number of hydrogen-bond acceptors (Lipinski definition) is 3. The lowest BCUT2D eigenvalue weighted by Gasteiger charge is -2.26. The highest BCUT2D eigenvalue weighted by atomic mass is 16.5. The van der Waals surface area contributed by atoms with E-state index in [-0.39, 0.29) is 11.4 Å². The van der Waals surface area contributed by atoms with Crippen molar-refractivity contribution in [1.29, 1.82) is 5.26 Å². The Balaban J connectivity index is 2.57. The van der Waals surface area contributed by atoms with Crippen molar-refractivity contribution in [3.63, 3.8) is 0 Å². The highest BCUT2D eigenvalue weighted by Crippen LogP contribution is 2.36. The number of carbonyl (C=O) groups excluding carboxylic acids is 1. The molecule has 3 nitrogen and oxygen atoms in total. The third kappa shape index (κ3) is 3.69. The van der Waals surface area contributed by atoms with Gasteiger partial charge in [0.05, 0.1) is 18.6 Å². The number of carbonyl (C=O) groups is 1. The lowest BCUT2D eigenvalue weighted by atomic mass is 9.75. The molecule has 0 amide bonds. The van der Waals surface area contributed by atoms with Crippen LogP contribution in [0, 0.1) is 16.7 Å². The lowest BCUT2D eigenvalue weighted by molar-refractivity contribution is -0.141. The van der Waals surface area contributed by atoms with Gasteiger partial charge in [-0.15, -0.1) is 0 Å². The fourth-order valence-corrected chi connectivity index (χ4v) is 2.14. The summed E-state index contributed by atoms with van der Waals surface area (Å²) in [6.45, 7) is 0. The van der Waals surface area contributed by atoms with Gasteiger partial charge >= 0.3 is 5.97 Å². The predicted molar refractivity (Wildman–Crippen MR) is 61.5 cm³/mol. The maximum Gasteiger partial charge on any atom is 0.305 e. The van der Waals surface area contributed by atoms with Gasteiger partial charge in [-0.3, -0.25) is 4.79 Å². The first-order valence-corrected chi connectivity index (χ1v) is 5.85. The number of hydrogen-bond donors (Lipinski definition) is 0. The topological polar surface area (TPSA) is 50.1 Å². The summed E-state index contributed by atoms with van der Waals surface area (Å²) in [6, 6.07) is 2.42. The minimum absolute atomic E-state index is 0.216. The van der Waals surface area contributed by atoms with E-state index in [1.807, 2.05) is 0 Å². The van der Waals surface area contributed by atoms with E-state index in [0.29, 0.717) is 12.8 Å². The van der Waals surface area contributed by atoms with Gasteiger partial charge in [-0.1, -0.05) is 12.2 Å². The van der Waals surface area contributed by atoms with E-state index in [1.54, 1.807) is 0 Å². The molecule has 0 fully saturated rings. The molecule has 1 atom stereocenters. The highest BCUT2D eigenvalue weighted by molar-refractivity contribution is 5.69. The second-order valence-electron chi connectivity index (χ2n) is 4.37. The molecule has 0 saturated heterocycles. The molecular weight excluding hydrogens is 202 g/mol. The molecule has 1 aliphatic rings. The molecule has 1 aliphatic carbocycles. The van der Waals surface area contributed by atoms with Crippen molar-refractivity contribution in [2.75, 3.05) is 7.11 Å². The number of allylic oxidation sites excluding steroid dienone is 2. The van der Waals surface area contributed by atoms with Crippen LogP contribution in [-0.2, 0) is 9.53 Å². The minimum Gasteiger partial charge on any atom is -0.469 e. The zero-order chi connectivity index (χ0) is 11.9. The molecule has 16 heavy (non-hydrogen) atoms. The smallest absolute Gasteiger partial charge is 0.305 e. The van der Waals surface area contributed by atoms with Crippen molar-refractivity contribution in [3.8, 4) is 6.07 Å². The number of nitriles is 1. The average molecular weight is 221 g/mol. The summed E-state index contributed by atoms with van der Waals surface area (Å²) in [6.07, 6.45) is 10.1. The molecule has 0 bridgehead atoms. The third-order valence-electron chi connectivity index (χ3n) is 3.25. The molecule has 0 aromatic carbocycles. The first-order valence-electron chi connectivity index (χ1n) is 5.85. The molecule has 3 heteroatoms. The van der Waals surface area contributed by atoms with Gasteiger partial charge in [0, 0.05) is 6.42 Å². The second kappa shape index (κ2) is 6.32. The van der Waals surface area contributed by atoms with Crippen LogP contribution in [0.15, 0.2) is 12.2 Å². The summed E-state index contributed by atoms with van der Waals surface area (Å²) in [4.78, 5) is 11.1. The van der Waals surface area contributed by atoms with Crippen LogP contribution in [-0.4, -0.2) is 13.1 Å². The Morgan fingerprint density at radius 3 is 2.88 bits per heavy atom. The maximum atomic E-state index is 11.1. The van der Waals surface area contributed by atoms with Crippen molar-refractivity contribution in [2.45, 2.75) is 44.9 Å². The van der Waals surface area contributed by atoms with Gasteiger partial charge in [0.1, 0.15) is 0 Å². The lowest BCUT2D eigenvalue weighted by Crippen LogP contribution is -2.21. The number of rotatable bonds is 3. The van der Waals surface area contributed by atoms with E-state index in [1.165, 1.54) is 7.11 Å². The first-order chi connectivity index (χ1) is 7.72. The summed E-state index contributed by atoms with van der Waals surface area (Å²) in [5.41, 5.74) is -0.320. The Hall–Kier alpha value is -1.30. The van der Waals surface area contributed by atoms with Crippen molar-refractivity contribution < 1.29 is 9.53 Å². The van der Waals surface area contributed by atoms with Crippen LogP contribution in [0.1, 0.15) is 44.9 Å². The number of ether oxygens (including phenoxy) is 1. The van der Waals surface area contributed by atoms with Gasteiger partial charge in [0.2, 0.25) is 0 Å². The Labute approximate surface area is 97.1 Å². The molecule has 1 rings (SSSR count). The Bertz CT molecular complexity index is 304. The molecule has 0 heterocycles. The molecule has 88 valence electrons. The molecule has 0 spiro atoms. The monoisotopic (exact) mass is 221 g/mol. The van der Waals surface area contributed by atoms with Crippen LogP contribution < -0.4 is 0 Å². The number of esters is 1. The fourth-order valence-electron chi connectivity index (χ4n) is 2.14. The van der Waals surface area contributed by atoms with Crippen molar-refractivity contribution in [2.24, 2.45) is 5.41 Å². The minimum atomic E-state index is -0.320. The van der Waals surface area contributed by atoms with Gasteiger partial charge in [0.25, 0.3) is 0 Å². The standard InChI is InChI=1S/C13H19NO2/c1-16-12(15)7-10-13(11-14)8-5-3-2-4-6-9-13/h2-3H,4-10H2,1H3/b3-2+. The molecule has 0 N–H and O–H groups in total. The third-order valence-corrected chi connectivity index (χ3v) is 3.25. The van der Waals surface area contributed by atoms with Gasteiger partial charge < -0.3 is 4.74 Å². The molecule has 0 aromatic rings. The maximum absolute atomic E-state index is 11.1. The van der Waals surface area contributed by atoms with Crippen LogP contribution in [0.4, 0.5) is 0 Å². The Morgan fingerprint density at radius 2 is 2.19 bits per heavy atom. The Morgan fingerprint density at radius 1 is 1.44 bits per heavy atom. The zero-order valence-corrected chi connectivity index (χ0v) is 9.87.